The second-order valence-corrected chi connectivity index (χ2v) is 8.80. The van der Waals surface area contributed by atoms with Gasteiger partial charge in [-0.15, -0.1) is 0 Å². The van der Waals surface area contributed by atoms with Crippen LogP contribution >= 0.6 is 11.6 Å². The second-order valence-electron chi connectivity index (χ2n) is 6.68. The molecule has 0 saturated heterocycles. The van der Waals surface area contributed by atoms with E-state index in [1.165, 1.54) is 0 Å². The van der Waals surface area contributed by atoms with Gasteiger partial charge in [-0.25, -0.2) is 13.1 Å². The van der Waals surface area contributed by atoms with Crippen LogP contribution in [0.3, 0.4) is 0 Å². The zero-order valence-electron chi connectivity index (χ0n) is 15.6. The lowest BCUT2D eigenvalue weighted by atomic mass is 9.96. The largest absolute Gasteiger partial charge is 0.241 e. The van der Waals surface area contributed by atoms with E-state index in [-0.39, 0.29) is 4.90 Å². The van der Waals surface area contributed by atoms with Gasteiger partial charge >= 0.3 is 0 Å². The van der Waals surface area contributed by atoms with Crippen LogP contribution in [-0.2, 0) is 10.0 Å². The van der Waals surface area contributed by atoms with Crippen LogP contribution in [0.1, 0.15) is 29.2 Å². The monoisotopic (exact) mass is 411 g/mol. The molecule has 3 nitrogen and oxygen atoms in total. The van der Waals surface area contributed by atoms with Crippen LogP contribution < -0.4 is 4.72 Å². The first-order valence-electron chi connectivity index (χ1n) is 8.93. The maximum Gasteiger partial charge on any atom is 0.241 e. The van der Waals surface area contributed by atoms with Gasteiger partial charge in [-0.2, -0.15) is 0 Å². The molecule has 5 heteroatoms. The molecule has 0 aliphatic rings. The fraction of sp³-hybridized carbons (Fsp3) is 0.130. The molecule has 28 heavy (non-hydrogen) atoms. The molecule has 0 radical (unpaired) electrons. The van der Waals surface area contributed by atoms with Gasteiger partial charge in [0.2, 0.25) is 10.0 Å². The first kappa shape index (κ1) is 20.3. The van der Waals surface area contributed by atoms with Crippen molar-refractivity contribution in [1.82, 2.24) is 4.72 Å². The summed E-state index contributed by atoms with van der Waals surface area (Å²) in [5.74, 6) is 0. The van der Waals surface area contributed by atoms with Crippen LogP contribution in [0.2, 0.25) is 5.02 Å². The fourth-order valence-electron chi connectivity index (χ4n) is 2.98. The van der Waals surface area contributed by atoms with E-state index >= 15 is 0 Å². The molecule has 0 saturated carbocycles. The number of sulfonamides is 1. The standard InChI is InChI=1S/C23H22ClNO2S/c1-17-12-14-20(15-13-17)28(26,27)25-23(21-10-6-7-11-22(21)24)16-18(2)19-8-4-3-5-9-19/h3-15,23,25H,2,16H2,1H3. The van der Waals surface area contributed by atoms with Crippen molar-refractivity contribution in [1.29, 1.82) is 0 Å². The molecule has 3 aromatic rings. The highest BCUT2D eigenvalue weighted by Crippen LogP contribution is 2.31. The highest BCUT2D eigenvalue weighted by molar-refractivity contribution is 7.89. The number of hydrogen-bond acceptors (Lipinski definition) is 2. The molecule has 0 heterocycles. The van der Waals surface area contributed by atoms with E-state index in [0.29, 0.717) is 11.4 Å². The number of aryl methyl sites for hydroxylation is 1. The van der Waals surface area contributed by atoms with E-state index in [1.807, 2.05) is 55.5 Å². The first-order valence-corrected chi connectivity index (χ1v) is 10.8. The van der Waals surface area contributed by atoms with Gasteiger partial charge in [-0.05, 0) is 48.2 Å². The topological polar surface area (TPSA) is 46.2 Å². The Labute approximate surface area is 171 Å². The average Bonchev–Trinajstić information content (AvgIpc) is 2.68. The third-order valence-corrected chi connectivity index (χ3v) is 6.37. The summed E-state index contributed by atoms with van der Waals surface area (Å²) in [6.07, 6.45) is 0.402. The number of benzene rings is 3. The molecule has 3 aromatic carbocycles. The van der Waals surface area contributed by atoms with E-state index in [9.17, 15) is 8.42 Å². The molecule has 0 bridgehead atoms. The molecule has 0 spiro atoms. The summed E-state index contributed by atoms with van der Waals surface area (Å²) in [4.78, 5) is 0.223. The lowest BCUT2D eigenvalue weighted by molar-refractivity contribution is 0.559. The first-order chi connectivity index (χ1) is 13.4. The van der Waals surface area contributed by atoms with Crippen LogP contribution in [0.4, 0.5) is 0 Å². The van der Waals surface area contributed by atoms with E-state index in [1.54, 1.807) is 30.3 Å². The lowest BCUT2D eigenvalue weighted by Crippen LogP contribution is -2.29. The van der Waals surface area contributed by atoms with Gasteiger partial charge < -0.3 is 0 Å². The maximum absolute atomic E-state index is 13.0. The van der Waals surface area contributed by atoms with Crippen molar-refractivity contribution in [2.24, 2.45) is 0 Å². The molecular weight excluding hydrogens is 390 g/mol. The minimum absolute atomic E-state index is 0.223. The summed E-state index contributed by atoms with van der Waals surface area (Å²) in [6.45, 7) is 6.07. The molecule has 1 N–H and O–H groups in total. The number of hydrogen-bond donors (Lipinski definition) is 1. The number of halogens is 1. The predicted molar refractivity (Wildman–Crippen MR) is 116 cm³/mol. The molecule has 0 aliphatic heterocycles. The van der Waals surface area contributed by atoms with Crippen LogP contribution in [0.5, 0.6) is 0 Å². The Morgan fingerprint density at radius 3 is 2.21 bits per heavy atom. The Balaban J connectivity index is 1.93. The zero-order valence-corrected chi connectivity index (χ0v) is 17.2. The fourth-order valence-corrected chi connectivity index (χ4v) is 4.47. The van der Waals surface area contributed by atoms with E-state index in [2.05, 4.69) is 11.3 Å². The van der Waals surface area contributed by atoms with Crippen molar-refractivity contribution in [3.8, 4) is 0 Å². The summed E-state index contributed by atoms with van der Waals surface area (Å²) in [7, 11) is -3.72. The highest BCUT2D eigenvalue weighted by Gasteiger charge is 2.24. The van der Waals surface area contributed by atoms with Crippen LogP contribution in [0, 0.1) is 6.92 Å². The SMILES string of the molecule is C=C(CC(NS(=O)(=O)c1ccc(C)cc1)c1ccccc1Cl)c1ccccc1. The summed E-state index contributed by atoms with van der Waals surface area (Å²) in [6, 6.07) is 23.2. The smallest absolute Gasteiger partial charge is 0.207 e. The second kappa shape index (κ2) is 8.74. The molecule has 0 fully saturated rings. The van der Waals surface area contributed by atoms with E-state index in [4.69, 9.17) is 11.6 Å². The Morgan fingerprint density at radius 1 is 0.964 bits per heavy atom. The Hall–Kier alpha value is -2.40. The Bertz CT molecular complexity index is 1060. The number of rotatable bonds is 7. The summed E-state index contributed by atoms with van der Waals surface area (Å²) in [5, 5.41) is 0.514. The maximum atomic E-state index is 13.0. The summed E-state index contributed by atoms with van der Waals surface area (Å²) in [5.41, 5.74) is 3.52. The normalized spacial score (nSPS) is 12.5. The van der Waals surface area contributed by atoms with Crippen molar-refractivity contribution in [2.75, 3.05) is 0 Å². The van der Waals surface area contributed by atoms with Crippen molar-refractivity contribution in [3.05, 3.63) is 107 Å². The zero-order chi connectivity index (χ0) is 20.1. The molecule has 1 unspecified atom stereocenters. The van der Waals surface area contributed by atoms with E-state index in [0.717, 1.165) is 22.3 Å². The predicted octanol–water partition coefficient (Wildman–Crippen LogP) is 5.77. The molecule has 3 rings (SSSR count). The van der Waals surface area contributed by atoms with Crippen molar-refractivity contribution in [3.63, 3.8) is 0 Å². The molecule has 0 aromatic heterocycles. The minimum Gasteiger partial charge on any atom is -0.207 e. The molecular formula is C23H22ClNO2S. The van der Waals surface area contributed by atoms with Gasteiger partial charge in [0.05, 0.1) is 10.9 Å². The van der Waals surface area contributed by atoms with Crippen LogP contribution in [0.25, 0.3) is 5.57 Å². The summed E-state index contributed by atoms with van der Waals surface area (Å²) < 4.78 is 28.8. The van der Waals surface area contributed by atoms with Crippen molar-refractivity contribution < 1.29 is 8.42 Å². The third kappa shape index (κ3) is 4.90. The van der Waals surface area contributed by atoms with Gasteiger partial charge in [0.1, 0.15) is 0 Å². The van der Waals surface area contributed by atoms with Crippen molar-refractivity contribution >= 4 is 27.2 Å². The average molecular weight is 412 g/mol. The van der Waals surface area contributed by atoms with E-state index < -0.39 is 16.1 Å². The summed E-state index contributed by atoms with van der Waals surface area (Å²) >= 11 is 6.38. The van der Waals surface area contributed by atoms with Crippen LogP contribution in [-0.4, -0.2) is 8.42 Å². The third-order valence-electron chi connectivity index (χ3n) is 4.54. The van der Waals surface area contributed by atoms with Gasteiger partial charge in [0, 0.05) is 5.02 Å². The number of nitrogens with one attached hydrogen (secondary N) is 1. The molecule has 1 atom stereocenters. The minimum atomic E-state index is -3.72. The van der Waals surface area contributed by atoms with Gasteiger partial charge in [-0.3, -0.25) is 0 Å². The quantitative estimate of drug-likeness (QED) is 0.536. The lowest BCUT2D eigenvalue weighted by Gasteiger charge is -2.22. The molecule has 144 valence electrons. The molecule has 0 aliphatic carbocycles. The van der Waals surface area contributed by atoms with Crippen molar-refractivity contribution in [2.45, 2.75) is 24.3 Å². The Kier molecular flexibility index (Phi) is 6.35. The Morgan fingerprint density at radius 2 is 1.57 bits per heavy atom. The van der Waals surface area contributed by atoms with Gasteiger partial charge in [0.25, 0.3) is 0 Å². The molecule has 0 amide bonds. The highest BCUT2D eigenvalue weighted by atomic mass is 35.5. The van der Waals surface area contributed by atoms with Crippen LogP contribution in [0.15, 0.2) is 90.3 Å². The van der Waals surface area contributed by atoms with Gasteiger partial charge in [0.15, 0.2) is 0 Å². The van der Waals surface area contributed by atoms with Gasteiger partial charge in [-0.1, -0.05) is 84.4 Å².